The standard InChI is InChI=1S/C15H24.C14H22.2C13H24.2C12H22/c1-3-15(2)8-11-7-12(15)14-10-5-4-9(6-10)13(11)14;1-14(2)7-10-6-11(14)13-9-4-3-8(5-9)12(10)13;1-6-13(5)11(2,3)10-7-8-12(13,4)9-10;1-6-12(4)9-10-7-8-13(12,5)11(10,2)3;1-10(2)9-6-7-12(5,8-9)11(10,3)4;1-10(2)8-9-6-7-12(10,5)11(9,3)4/h9-14H,3-8H2,1-2H3;8-13H,3-7H2,1-2H3;2*10H,6-9H2,1-5H3;2*9H,6-8H2,1-5H3. The minimum atomic E-state index is 0.545. The van der Waals surface area contributed by atoms with Gasteiger partial charge in [0, 0.05) is 0 Å². The molecule has 0 heteroatoms. The number of rotatable bonds is 3. The molecule has 0 saturated heterocycles. The summed E-state index contributed by atoms with van der Waals surface area (Å²) in [5.74, 6) is 18.0. The van der Waals surface area contributed by atoms with E-state index in [0.717, 1.165) is 52.8 Å². The van der Waals surface area contributed by atoms with Crippen LogP contribution in [-0.2, 0) is 0 Å². The molecular formula is C79H138. The molecule has 23 atom stereocenters. The zero-order chi connectivity index (χ0) is 57.9. The van der Waals surface area contributed by atoms with E-state index in [-0.39, 0.29) is 0 Å². The van der Waals surface area contributed by atoms with Gasteiger partial charge < -0.3 is 0 Å². The van der Waals surface area contributed by atoms with Crippen molar-refractivity contribution in [3.63, 3.8) is 0 Å². The highest BCUT2D eigenvalue weighted by molar-refractivity contribution is 5.19. The summed E-state index contributed by atoms with van der Waals surface area (Å²) in [5.41, 5.74) is 8.63. The SMILES string of the molecule is CC1(C)CC2CC1C1C3CCC(C3)C21.CC1(C)CC2CCC1(C)C2(C)C.CC12CCC(C1)C(C)(C)C2(C)C.CCC1(C)C2(C)CCC(C2)C1(C)C.CCC1(C)CC2CC1C1C3CCC(C3)C21.CCC1(C)CC2CCC1(C)C2(C)C. The van der Waals surface area contributed by atoms with Gasteiger partial charge in [0.25, 0.3) is 0 Å². The monoisotopic (exact) mass is 1090 g/mol. The van der Waals surface area contributed by atoms with Gasteiger partial charge in [-0.2, -0.15) is 0 Å². The summed E-state index contributed by atoms with van der Waals surface area (Å²) in [6.07, 6.45) is 37.8. The van der Waals surface area contributed by atoms with Gasteiger partial charge in [0.15, 0.2) is 0 Å². The zero-order valence-electron chi connectivity index (χ0n) is 57.9. The lowest BCUT2D eigenvalue weighted by molar-refractivity contribution is -0.0318. The molecule has 0 aromatic heterocycles. The van der Waals surface area contributed by atoms with E-state index >= 15 is 0 Å². The van der Waals surface area contributed by atoms with E-state index in [1.807, 2.05) is 0 Å². The highest BCUT2D eigenvalue weighted by Gasteiger charge is 2.70. The fraction of sp³-hybridized carbons (Fsp3) is 1.00. The third-order valence-electron chi connectivity index (χ3n) is 37.5. The first-order valence-electron chi connectivity index (χ1n) is 36.3. The van der Waals surface area contributed by atoms with Crippen molar-refractivity contribution in [3.8, 4) is 0 Å². The Morgan fingerprint density at radius 2 is 0.747 bits per heavy atom. The topological polar surface area (TPSA) is 0 Å². The molecule has 0 aliphatic heterocycles. The first kappa shape index (κ1) is 60.7. The molecule has 16 bridgehead atoms. The Hall–Kier alpha value is 0. The van der Waals surface area contributed by atoms with Gasteiger partial charge in [0.2, 0.25) is 0 Å². The molecule has 16 aliphatic carbocycles. The predicted octanol–water partition coefficient (Wildman–Crippen LogP) is 24.0. The summed E-state index contributed by atoms with van der Waals surface area (Å²) in [5, 5.41) is 0. The molecule has 0 radical (unpaired) electrons. The number of hydrogen-bond acceptors (Lipinski definition) is 0. The largest absolute Gasteiger partial charge is 0.0649 e. The van der Waals surface area contributed by atoms with Crippen LogP contribution in [0.4, 0.5) is 0 Å². The first-order chi connectivity index (χ1) is 36.3. The molecule has 0 aromatic rings. The molecule has 23 unspecified atom stereocenters. The molecule has 0 heterocycles. The van der Waals surface area contributed by atoms with E-state index in [9.17, 15) is 0 Å². The third-order valence-corrected chi connectivity index (χ3v) is 37.5. The Morgan fingerprint density at radius 1 is 0.316 bits per heavy atom. The molecule has 0 N–H and O–H groups in total. The molecule has 0 spiro atoms. The minimum absolute atomic E-state index is 0.545. The van der Waals surface area contributed by atoms with Crippen LogP contribution in [0.2, 0.25) is 0 Å². The first-order valence-corrected chi connectivity index (χ1v) is 36.3. The average molecular weight is 1090 g/mol. The van der Waals surface area contributed by atoms with Crippen LogP contribution in [0.15, 0.2) is 0 Å². The highest BCUT2D eigenvalue weighted by Crippen LogP contribution is 2.78. The van der Waals surface area contributed by atoms with E-state index in [0.29, 0.717) is 70.4 Å². The summed E-state index contributed by atoms with van der Waals surface area (Å²) in [6, 6.07) is 0. The molecule has 16 saturated carbocycles. The third kappa shape index (κ3) is 8.02. The van der Waals surface area contributed by atoms with E-state index < -0.39 is 0 Å². The van der Waals surface area contributed by atoms with Crippen LogP contribution >= 0.6 is 0 Å². The lowest BCUT2D eigenvalue weighted by Crippen LogP contribution is -2.44. The fourth-order valence-electron chi connectivity index (χ4n) is 29.2. The van der Waals surface area contributed by atoms with Crippen molar-refractivity contribution >= 4 is 0 Å². The summed E-state index contributed by atoms with van der Waals surface area (Å²) < 4.78 is 0. The summed E-state index contributed by atoms with van der Waals surface area (Å²) in [4.78, 5) is 0. The van der Waals surface area contributed by atoms with Gasteiger partial charge in [0.05, 0.1) is 0 Å². The van der Waals surface area contributed by atoms with Crippen molar-refractivity contribution in [3.05, 3.63) is 0 Å². The maximum atomic E-state index is 2.60. The minimum Gasteiger partial charge on any atom is -0.0649 e. The Labute approximate surface area is 494 Å². The smallest absolute Gasteiger partial charge is 0.0218 e. The van der Waals surface area contributed by atoms with Crippen LogP contribution in [0.5, 0.6) is 0 Å². The summed E-state index contributed by atoms with van der Waals surface area (Å²) in [7, 11) is 0. The number of hydrogen-bond donors (Lipinski definition) is 0. The van der Waals surface area contributed by atoms with Crippen molar-refractivity contribution in [2.75, 3.05) is 0 Å². The van der Waals surface area contributed by atoms with Crippen LogP contribution in [0.25, 0.3) is 0 Å². The quantitative estimate of drug-likeness (QED) is 0.247. The molecule has 79 heavy (non-hydrogen) atoms. The Morgan fingerprint density at radius 3 is 1.09 bits per heavy atom. The second-order valence-electron chi connectivity index (χ2n) is 40.1. The van der Waals surface area contributed by atoms with E-state index in [4.69, 9.17) is 0 Å². The van der Waals surface area contributed by atoms with Crippen molar-refractivity contribution in [1.29, 1.82) is 0 Å². The normalized spacial score (nSPS) is 55.4. The van der Waals surface area contributed by atoms with E-state index in [1.54, 1.807) is 64.2 Å². The summed E-state index contributed by atoms with van der Waals surface area (Å²) in [6.45, 7) is 59.9. The molecular weight excluding hydrogens is 949 g/mol. The van der Waals surface area contributed by atoms with Crippen molar-refractivity contribution < 1.29 is 0 Å². The average Bonchev–Trinajstić information content (AvgIpc) is 4.42. The second-order valence-corrected chi connectivity index (χ2v) is 40.1. The van der Waals surface area contributed by atoms with Crippen LogP contribution in [-0.4, -0.2) is 0 Å². The van der Waals surface area contributed by atoms with Crippen LogP contribution in [0.3, 0.4) is 0 Å². The van der Waals surface area contributed by atoms with Crippen LogP contribution < -0.4 is 0 Å². The van der Waals surface area contributed by atoms with E-state index in [1.165, 1.54) is 144 Å². The highest BCUT2D eigenvalue weighted by atomic mass is 14.7. The van der Waals surface area contributed by atoms with Gasteiger partial charge in [-0.15, -0.1) is 0 Å². The van der Waals surface area contributed by atoms with Gasteiger partial charge >= 0.3 is 0 Å². The van der Waals surface area contributed by atoms with Crippen LogP contribution in [0.1, 0.15) is 327 Å². The van der Waals surface area contributed by atoms with Gasteiger partial charge in [0.1, 0.15) is 0 Å². The van der Waals surface area contributed by atoms with Gasteiger partial charge in [-0.3, -0.25) is 0 Å². The number of fused-ring (bicyclic) bond motifs is 26. The van der Waals surface area contributed by atoms with Crippen LogP contribution in [0, 0.1) is 170 Å². The molecule has 0 nitrogen and oxygen atoms in total. The Kier molecular flexibility index (Phi) is 14.4. The van der Waals surface area contributed by atoms with Gasteiger partial charge in [-0.05, 0) is 318 Å². The summed E-state index contributed by atoms with van der Waals surface area (Å²) >= 11 is 0. The molecule has 16 rings (SSSR count). The fourth-order valence-corrected chi connectivity index (χ4v) is 29.2. The molecule has 0 amide bonds. The zero-order valence-corrected chi connectivity index (χ0v) is 57.9. The maximum Gasteiger partial charge on any atom is -0.0218 e. The Bertz CT molecular complexity index is 2230. The van der Waals surface area contributed by atoms with Crippen molar-refractivity contribution in [2.45, 2.75) is 327 Å². The molecule has 16 aliphatic rings. The second kappa shape index (κ2) is 18.8. The van der Waals surface area contributed by atoms with Crippen molar-refractivity contribution in [2.24, 2.45) is 170 Å². The lowest BCUT2D eigenvalue weighted by atomic mass is 9.53. The molecule has 16 fully saturated rings. The molecule has 0 aromatic carbocycles. The van der Waals surface area contributed by atoms with Crippen molar-refractivity contribution in [1.82, 2.24) is 0 Å². The maximum absolute atomic E-state index is 2.60. The van der Waals surface area contributed by atoms with Gasteiger partial charge in [-0.1, -0.05) is 179 Å². The predicted molar refractivity (Wildman–Crippen MR) is 342 cm³/mol. The van der Waals surface area contributed by atoms with E-state index in [2.05, 4.69) is 166 Å². The molecule has 454 valence electrons. The lowest BCUT2D eigenvalue weighted by Gasteiger charge is -2.52. The Balaban J connectivity index is 0.000000101. The van der Waals surface area contributed by atoms with Gasteiger partial charge in [-0.25, -0.2) is 0 Å².